The highest BCUT2D eigenvalue weighted by Crippen LogP contribution is 2.39. The van der Waals surface area contributed by atoms with Gasteiger partial charge in [-0.05, 0) is 12.1 Å². The molecule has 0 radical (unpaired) electrons. The number of rotatable bonds is 3. The van der Waals surface area contributed by atoms with Crippen molar-refractivity contribution in [2.75, 3.05) is 0 Å². The number of hydrogen-bond acceptors (Lipinski definition) is 3. The average molecular weight is 278 g/mol. The lowest BCUT2D eigenvalue weighted by Crippen LogP contribution is -2.48. The Hall–Kier alpha value is -2.68. The number of para-hydroxylation sites is 1. The van der Waals surface area contributed by atoms with Gasteiger partial charge in [-0.15, -0.1) is 6.58 Å². The highest BCUT2D eigenvalue weighted by Gasteiger charge is 2.49. The zero-order valence-corrected chi connectivity index (χ0v) is 11.4. The molecule has 0 N–H and O–H groups in total. The Morgan fingerprint density at radius 2 is 1.67 bits per heavy atom. The largest absolute Gasteiger partial charge is 0.473 e. The summed E-state index contributed by atoms with van der Waals surface area (Å²) in [6, 6.07) is 15.9. The third-order valence-electron chi connectivity index (χ3n) is 3.66. The Bertz CT molecular complexity index is 718. The zero-order chi connectivity index (χ0) is 14.9. The van der Waals surface area contributed by atoms with E-state index in [4.69, 9.17) is 4.74 Å². The highest BCUT2D eigenvalue weighted by atomic mass is 16.5. The minimum absolute atomic E-state index is 0.246. The van der Waals surface area contributed by atoms with Crippen molar-refractivity contribution in [1.29, 1.82) is 0 Å². The highest BCUT2D eigenvalue weighted by molar-refractivity contribution is 6.47. The molecule has 1 aliphatic heterocycles. The van der Waals surface area contributed by atoms with Crippen molar-refractivity contribution in [3.8, 4) is 5.75 Å². The molecule has 1 atom stereocenters. The summed E-state index contributed by atoms with van der Waals surface area (Å²) in [6.45, 7) is 3.70. The van der Waals surface area contributed by atoms with Crippen molar-refractivity contribution in [2.24, 2.45) is 0 Å². The van der Waals surface area contributed by atoms with E-state index in [-0.39, 0.29) is 6.42 Å². The Kier molecular flexibility index (Phi) is 3.18. The SMILES string of the molecule is C=CC[C@@]1(c2ccccc2)Oc2ccccc2C(=O)C1=O. The van der Waals surface area contributed by atoms with Gasteiger partial charge in [0.2, 0.25) is 11.4 Å². The molecule has 21 heavy (non-hydrogen) atoms. The molecule has 0 aromatic heterocycles. The summed E-state index contributed by atoms with van der Waals surface area (Å²) in [5, 5.41) is 0. The number of hydrogen-bond donors (Lipinski definition) is 0. The van der Waals surface area contributed by atoms with E-state index in [1.54, 1.807) is 42.5 Å². The van der Waals surface area contributed by atoms with Gasteiger partial charge in [0.05, 0.1) is 5.56 Å². The molecule has 104 valence electrons. The molecule has 2 aromatic rings. The first-order valence-corrected chi connectivity index (χ1v) is 6.72. The van der Waals surface area contributed by atoms with E-state index in [1.165, 1.54) is 0 Å². The van der Waals surface area contributed by atoms with Crippen LogP contribution in [0.5, 0.6) is 5.75 Å². The van der Waals surface area contributed by atoms with Crippen LogP contribution in [-0.4, -0.2) is 11.6 Å². The molecule has 3 heteroatoms. The van der Waals surface area contributed by atoms with Crippen LogP contribution in [0.15, 0.2) is 67.3 Å². The van der Waals surface area contributed by atoms with Gasteiger partial charge in [0, 0.05) is 12.0 Å². The molecule has 0 amide bonds. The predicted molar refractivity (Wildman–Crippen MR) is 79.3 cm³/mol. The molecular formula is C18H14O3. The Morgan fingerprint density at radius 1 is 1.00 bits per heavy atom. The summed E-state index contributed by atoms with van der Waals surface area (Å²) in [7, 11) is 0. The molecule has 2 aromatic carbocycles. The van der Waals surface area contributed by atoms with E-state index in [0.29, 0.717) is 16.9 Å². The number of benzene rings is 2. The van der Waals surface area contributed by atoms with Crippen LogP contribution in [-0.2, 0) is 10.4 Å². The Morgan fingerprint density at radius 3 is 2.38 bits per heavy atom. The second-order valence-electron chi connectivity index (χ2n) is 4.94. The van der Waals surface area contributed by atoms with E-state index < -0.39 is 17.2 Å². The van der Waals surface area contributed by atoms with Gasteiger partial charge in [-0.3, -0.25) is 9.59 Å². The van der Waals surface area contributed by atoms with Crippen LogP contribution >= 0.6 is 0 Å². The van der Waals surface area contributed by atoms with Crippen LogP contribution in [0.1, 0.15) is 22.3 Å². The van der Waals surface area contributed by atoms with Crippen molar-refractivity contribution in [2.45, 2.75) is 12.0 Å². The van der Waals surface area contributed by atoms with Crippen molar-refractivity contribution < 1.29 is 14.3 Å². The fourth-order valence-corrected chi connectivity index (χ4v) is 2.64. The fourth-order valence-electron chi connectivity index (χ4n) is 2.64. The maximum absolute atomic E-state index is 12.7. The third-order valence-corrected chi connectivity index (χ3v) is 3.66. The number of fused-ring (bicyclic) bond motifs is 1. The number of carbonyl (C=O) groups excluding carboxylic acids is 2. The summed E-state index contributed by atoms with van der Waals surface area (Å²) in [5.41, 5.74) is -0.329. The van der Waals surface area contributed by atoms with Gasteiger partial charge in [0.25, 0.3) is 5.78 Å². The van der Waals surface area contributed by atoms with Crippen LogP contribution < -0.4 is 4.74 Å². The van der Waals surface area contributed by atoms with Gasteiger partial charge in [-0.2, -0.15) is 0 Å². The lowest BCUT2D eigenvalue weighted by molar-refractivity contribution is -0.131. The summed E-state index contributed by atoms with van der Waals surface area (Å²) in [4.78, 5) is 25.1. The number of ether oxygens (including phenoxy) is 1. The lowest BCUT2D eigenvalue weighted by atomic mass is 9.80. The van der Waals surface area contributed by atoms with Crippen LogP contribution in [0.2, 0.25) is 0 Å². The molecule has 1 heterocycles. The Balaban J connectivity index is 2.21. The maximum atomic E-state index is 12.7. The van der Waals surface area contributed by atoms with E-state index in [9.17, 15) is 9.59 Å². The summed E-state index contributed by atoms with van der Waals surface area (Å²) in [6.07, 6.45) is 1.85. The van der Waals surface area contributed by atoms with E-state index in [1.807, 2.05) is 18.2 Å². The number of ketones is 2. The molecule has 0 aliphatic carbocycles. The topological polar surface area (TPSA) is 43.4 Å². The molecular weight excluding hydrogens is 264 g/mol. The van der Waals surface area contributed by atoms with Crippen LogP contribution in [0, 0.1) is 0 Å². The third kappa shape index (κ3) is 1.98. The molecule has 0 fully saturated rings. The molecule has 3 rings (SSSR count). The lowest BCUT2D eigenvalue weighted by Gasteiger charge is -2.36. The second kappa shape index (κ2) is 5.02. The summed E-state index contributed by atoms with van der Waals surface area (Å²) < 4.78 is 5.99. The molecule has 0 unspecified atom stereocenters. The molecule has 1 aliphatic rings. The zero-order valence-electron chi connectivity index (χ0n) is 11.4. The van der Waals surface area contributed by atoms with Crippen LogP contribution in [0.25, 0.3) is 0 Å². The van der Waals surface area contributed by atoms with Crippen LogP contribution in [0.4, 0.5) is 0 Å². The normalized spacial score (nSPS) is 20.6. The van der Waals surface area contributed by atoms with Crippen molar-refractivity contribution in [1.82, 2.24) is 0 Å². The Labute approximate surface area is 122 Å². The standard InChI is InChI=1S/C18H14O3/c1-2-12-18(13-8-4-3-5-9-13)17(20)16(19)14-10-6-7-11-15(14)21-18/h2-11H,1,12H2/t18-/m0/s1. The number of carbonyl (C=O) groups is 2. The molecule has 3 nitrogen and oxygen atoms in total. The molecule has 0 bridgehead atoms. The second-order valence-corrected chi connectivity index (χ2v) is 4.94. The molecule has 0 saturated heterocycles. The first-order valence-electron chi connectivity index (χ1n) is 6.72. The van der Waals surface area contributed by atoms with Gasteiger partial charge in [0.15, 0.2) is 0 Å². The van der Waals surface area contributed by atoms with Crippen molar-refractivity contribution in [3.63, 3.8) is 0 Å². The van der Waals surface area contributed by atoms with E-state index >= 15 is 0 Å². The maximum Gasteiger partial charge on any atom is 0.251 e. The summed E-state index contributed by atoms with van der Waals surface area (Å²) in [5.74, 6) is -0.623. The first-order chi connectivity index (χ1) is 10.2. The van der Waals surface area contributed by atoms with Gasteiger partial charge in [-0.1, -0.05) is 48.5 Å². The average Bonchev–Trinajstić information content (AvgIpc) is 2.53. The minimum atomic E-state index is -1.31. The summed E-state index contributed by atoms with van der Waals surface area (Å²) >= 11 is 0. The predicted octanol–water partition coefficient (Wildman–Crippen LogP) is 3.30. The first kappa shape index (κ1) is 13.3. The van der Waals surface area contributed by atoms with Gasteiger partial charge in [-0.25, -0.2) is 0 Å². The van der Waals surface area contributed by atoms with E-state index in [2.05, 4.69) is 6.58 Å². The fraction of sp³-hybridized carbons (Fsp3) is 0.111. The van der Waals surface area contributed by atoms with Gasteiger partial charge in [0.1, 0.15) is 5.75 Å². The van der Waals surface area contributed by atoms with Crippen molar-refractivity contribution >= 4 is 11.6 Å². The monoisotopic (exact) mass is 278 g/mol. The van der Waals surface area contributed by atoms with E-state index in [0.717, 1.165) is 0 Å². The van der Waals surface area contributed by atoms with Crippen molar-refractivity contribution in [3.05, 3.63) is 78.4 Å². The van der Waals surface area contributed by atoms with Crippen LogP contribution in [0.3, 0.4) is 0 Å². The molecule has 0 saturated carbocycles. The minimum Gasteiger partial charge on any atom is -0.473 e. The van der Waals surface area contributed by atoms with Gasteiger partial charge < -0.3 is 4.74 Å². The van der Waals surface area contributed by atoms with Gasteiger partial charge >= 0.3 is 0 Å². The molecule has 0 spiro atoms. The number of Topliss-reactive ketones (excluding diaryl/α,β-unsaturated/α-hetero) is 2. The quantitative estimate of drug-likeness (QED) is 0.639. The smallest absolute Gasteiger partial charge is 0.251 e.